The summed E-state index contributed by atoms with van der Waals surface area (Å²) in [4.78, 5) is 37.8. The predicted molar refractivity (Wildman–Crippen MR) is 117 cm³/mol. The van der Waals surface area contributed by atoms with Crippen molar-refractivity contribution in [1.29, 1.82) is 0 Å². The molecule has 2 amide bonds. The van der Waals surface area contributed by atoms with Crippen LogP contribution in [-0.4, -0.2) is 35.2 Å². The first-order valence-electron chi connectivity index (χ1n) is 8.95. The van der Waals surface area contributed by atoms with E-state index in [1.807, 2.05) is 0 Å². The van der Waals surface area contributed by atoms with Gasteiger partial charge in [0.15, 0.2) is 6.61 Å². The summed E-state index contributed by atoms with van der Waals surface area (Å²) in [7, 11) is 0. The molecular formula is C21H17Cl2NO5S. The van der Waals surface area contributed by atoms with Gasteiger partial charge in [0.2, 0.25) is 0 Å². The van der Waals surface area contributed by atoms with Crippen LogP contribution in [0.15, 0.2) is 47.4 Å². The Morgan fingerprint density at radius 3 is 2.53 bits per heavy atom. The first-order valence-corrected chi connectivity index (χ1v) is 10.5. The Morgan fingerprint density at radius 2 is 1.87 bits per heavy atom. The smallest absolute Gasteiger partial charge is 0.344 e. The van der Waals surface area contributed by atoms with Crippen LogP contribution >= 0.6 is 35.0 Å². The molecule has 1 heterocycles. The van der Waals surface area contributed by atoms with Gasteiger partial charge >= 0.3 is 5.97 Å². The van der Waals surface area contributed by atoms with Gasteiger partial charge in [-0.05, 0) is 60.2 Å². The lowest BCUT2D eigenvalue weighted by Crippen LogP contribution is -2.27. The van der Waals surface area contributed by atoms with Gasteiger partial charge in [-0.1, -0.05) is 41.4 Å². The zero-order chi connectivity index (χ0) is 21.7. The fraction of sp³-hybridized carbons (Fsp3) is 0.190. The highest BCUT2D eigenvalue weighted by Crippen LogP contribution is 2.34. The van der Waals surface area contributed by atoms with E-state index in [1.165, 1.54) is 0 Å². The van der Waals surface area contributed by atoms with Crippen LogP contribution in [0, 0.1) is 0 Å². The van der Waals surface area contributed by atoms with Crippen molar-refractivity contribution in [2.24, 2.45) is 0 Å². The monoisotopic (exact) mass is 465 g/mol. The molecule has 0 aliphatic carbocycles. The van der Waals surface area contributed by atoms with Crippen LogP contribution in [0.25, 0.3) is 6.08 Å². The lowest BCUT2D eigenvalue weighted by molar-refractivity contribution is -0.145. The summed E-state index contributed by atoms with van der Waals surface area (Å²) in [6.07, 6.45) is 1.63. The second-order valence-corrected chi connectivity index (χ2v) is 8.00. The predicted octanol–water partition coefficient (Wildman–Crippen LogP) is 5.17. The van der Waals surface area contributed by atoms with E-state index in [-0.39, 0.29) is 18.4 Å². The molecule has 30 heavy (non-hydrogen) atoms. The molecule has 9 heteroatoms. The molecular weight excluding hydrogens is 449 g/mol. The molecule has 2 aromatic carbocycles. The highest BCUT2D eigenvalue weighted by atomic mass is 35.5. The summed E-state index contributed by atoms with van der Waals surface area (Å²) >= 11 is 12.9. The maximum Gasteiger partial charge on any atom is 0.344 e. The van der Waals surface area contributed by atoms with Crippen LogP contribution < -0.4 is 4.74 Å². The fourth-order valence-electron chi connectivity index (χ4n) is 2.61. The molecule has 0 aromatic heterocycles. The normalized spacial score (nSPS) is 15.0. The summed E-state index contributed by atoms with van der Waals surface area (Å²) in [5.41, 5.74) is 1.35. The van der Waals surface area contributed by atoms with Crippen LogP contribution in [0.2, 0.25) is 10.0 Å². The van der Waals surface area contributed by atoms with E-state index in [4.69, 9.17) is 32.7 Å². The molecule has 0 spiro atoms. The lowest BCUT2D eigenvalue weighted by Gasteiger charge is -2.13. The molecule has 1 fully saturated rings. The number of hydrogen-bond donors (Lipinski definition) is 0. The number of nitrogens with zero attached hydrogens (tertiary/aromatic N) is 1. The highest BCUT2D eigenvalue weighted by molar-refractivity contribution is 8.18. The van der Waals surface area contributed by atoms with Crippen molar-refractivity contribution in [3.63, 3.8) is 0 Å². The Balaban J connectivity index is 1.66. The molecule has 0 saturated carbocycles. The third kappa shape index (κ3) is 5.56. The van der Waals surface area contributed by atoms with E-state index in [0.29, 0.717) is 38.4 Å². The average Bonchev–Trinajstić information content (AvgIpc) is 2.97. The van der Waals surface area contributed by atoms with Gasteiger partial charge in [0.1, 0.15) is 5.75 Å². The Kier molecular flexibility index (Phi) is 7.42. The molecule has 1 aliphatic rings. The molecule has 156 valence electrons. The molecule has 2 aromatic rings. The minimum Gasteiger partial charge on any atom is -0.482 e. The number of ether oxygens (including phenoxy) is 2. The quantitative estimate of drug-likeness (QED) is 0.414. The molecule has 3 rings (SSSR count). The van der Waals surface area contributed by atoms with Gasteiger partial charge < -0.3 is 9.47 Å². The summed E-state index contributed by atoms with van der Waals surface area (Å²) in [5, 5.41) is 0.503. The third-order valence-corrected chi connectivity index (χ3v) is 5.55. The van der Waals surface area contributed by atoms with Crippen molar-refractivity contribution in [3.8, 4) is 5.75 Å². The van der Waals surface area contributed by atoms with Crippen molar-refractivity contribution in [1.82, 2.24) is 4.90 Å². The van der Waals surface area contributed by atoms with Crippen molar-refractivity contribution >= 4 is 58.2 Å². The second-order valence-electron chi connectivity index (χ2n) is 6.17. The summed E-state index contributed by atoms with van der Waals surface area (Å²) < 4.78 is 10.1. The fourth-order valence-corrected chi connectivity index (χ4v) is 3.92. The molecule has 1 saturated heterocycles. The average molecular weight is 466 g/mol. The van der Waals surface area contributed by atoms with Crippen molar-refractivity contribution in [2.75, 3.05) is 13.2 Å². The second kappa shape index (κ2) is 10.0. The third-order valence-electron chi connectivity index (χ3n) is 4.06. The van der Waals surface area contributed by atoms with E-state index in [9.17, 15) is 14.4 Å². The summed E-state index contributed by atoms with van der Waals surface area (Å²) in [5.74, 6) is -0.347. The number of amides is 2. The van der Waals surface area contributed by atoms with E-state index < -0.39 is 11.9 Å². The number of hydrogen-bond acceptors (Lipinski definition) is 6. The Labute approximate surface area is 187 Å². The number of carbonyl (C=O) groups is 3. The van der Waals surface area contributed by atoms with Gasteiger partial charge in [-0.2, -0.15) is 0 Å². The minimum atomic E-state index is -0.448. The van der Waals surface area contributed by atoms with Gasteiger partial charge in [0.25, 0.3) is 11.1 Å². The van der Waals surface area contributed by atoms with Crippen LogP contribution in [0.5, 0.6) is 5.75 Å². The highest BCUT2D eigenvalue weighted by Gasteiger charge is 2.35. The first-order chi connectivity index (χ1) is 14.4. The number of carbonyl (C=O) groups excluding carboxylic acids is 3. The standard InChI is InChI=1S/C21H17Cl2NO5S/c1-2-28-19(25)12-29-16-7-3-13(4-8-16)9-18-20(26)24(21(27)30-18)11-14-5-6-15(22)10-17(14)23/h3-10H,2,11-12H2,1H3/b18-9-. The van der Waals surface area contributed by atoms with E-state index in [2.05, 4.69) is 0 Å². The van der Waals surface area contributed by atoms with E-state index in [0.717, 1.165) is 16.7 Å². The van der Waals surface area contributed by atoms with Crippen molar-refractivity contribution < 1.29 is 23.9 Å². The van der Waals surface area contributed by atoms with Gasteiger partial charge in [-0.15, -0.1) is 0 Å². The number of halogens is 2. The van der Waals surface area contributed by atoms with Gasteiger partial charge in [-0.3, -0.25) is 14.5 Å². The van der Waals surface area contributed by atoms with Gasteiger partial charge in [0, 0.05) is 10.0 Å². The largest absolute Gasteiger partial charge is 0.482 e. The number of esters is 1. The van der Waals surface area contributed by atoms with E-state index in [1.54, 1.807) is 55.5 Å². The van der Waals surface area contributed by atoms with Crippen molar-refractivity contribution in [3.05, 3.63) is 68.5 Å². The summed E-state index contributed by atoms with van der Waals surface area (Å²) in [6.45, 7) is 1.90. The maximum atomic E-state index is 12.7. The molecule has 0 N–H and O–H groups in total. The van der Waals surface area contributed by atoms with Crippen molar-refractivity contribution in [2.45, 2.75) is 13.5 Å². The maximum absolute atomic E-state index is 12.7. The number of benzene rings is 2. The SMILES string of the molecule is CCOC(=O)COc1ccc(/C=C2\SC(=O)N(Cc3ccc(Cl)cc3Cl)C2=O)cc1. The molecule has 0 radical (unpaired) electrons. The minimum absolute atomic E-state index is 0.0681. The summed E-state index contributed by atoms with van der Waals surface area (Å²) in [6, 6.07) is 11.7. The Morgan fingerprint density at radius 1 is 1.13 bits per heavy atom. The zero-order valence-corrected chi connectivity index (χ0v) is 18.2. The van der Waals surface area contributed by atoms with E-state index >= 15 is 0 Å². The Hall–Kier alpha value is -2.48. The van der Waals surface area contributed by atoms with Crippen LogP contribution in [0.4, 0.5) is 4.79 Å². The first kappa shape index (κ1) is 22.2. The molecule has 6 nitrogen and oxygen atoms in total. The molecule has 0 bridgehead atoms. The topological polar surface area (TPSA) is 72.9 Å². The zero-order valence-electron chi connectivity index (χ0n) is 15.9. The number of thioether (sulfide) groups is 1. The van der Waals surface area contributed by atoms with Gasteiger partial charge in [-0.25, -0.2) is 4.79 Å². The number of rotatable bonds is 7. The molecule has 0 atom stereocenters. The van der Waals surface area contributed by atoms with Crippen LogP contribution in [0.3, 0.4) is 0 Å². The molecule has 1 aliphatic heterocycles. The number of imide groups is 1. The van der Waals surface area contributed by atoms with Gasteiger partial charge in [0.05, 0.1) is 18.1 Å². The van der Waals surface area contributed by atoms with Crippen LogP contribution in [0.1, 0.15) is 18.1 Å². The lowest BCUT2D eigenvalue weighted by atomic mass is 10.2. The van der Waals surface area contributed by atoms with Crippen LogP contribution in [-0.2, 0) is 20.9 Å². The molecule has 0 unspecified atom stereocenters. The Bertz CT molecular complexity index is 1010.